The number of nitrogens with zero attached hydrogens (tertiary/aromatic N) is 1. The van der Waals surface area contributed by atoms with Gasteiger partial charge in [0.05, 0.1) is 0 Å². The Balaban J connectivity index is 1.75. The number of hydrogen-bond acceptors (Lipinski definition) is 4. The Morgan fingerprint density at radius 1 is 1.39 bits per heavy atom. The van der Waals surface area contributed by atoms with Gasteiger partial charge in [0.2, 0.25) is 0 Å². The first-order valence-electron chi connectivity index (χ1n) is 6.97. The van der Waals surface area contributed by atoms with E-state index in [4.69, 9.17) is 16.3 Å². The maximum absolute atomic E-state index is 12.4. The first kappa shape index (κ1) is 15.3. The molecule has 2 aromatic rings. The number of nitrogens with one attached hydrogen (secondary N) is 2. The molecule has 0 radical (unpaired) electrons. The van der Waals surface area contributed by atoms with Crippen molar-refractivity contribution in [3.63, 3.8) is 0 Å². The molecule has 3 rings (SSSR count). The van der Waals surface area contributed by atoms with Crippen molar-refractivity contribution < 1.29 is 14.3 Å². The van der Waals surface area contributed by atoms with E-state index in [1.165, 1.54) is 13.1 Å². The van der Waals surface area contributed by atoms with E-state index in [-0.39, 0.29) is 6.54 Å². The fourth-order valence-electron chi connectivity index (χ4n) is 2.21. The number of anilines is 1. The van der Waals surface area contributed by atoms with Gasteiger partial charge in [0, 0.05) is 17.8 Å². The molecule has 2 N–H and O–H groups in total. The summed E-state index contributed by atoms with van der Waals surface area (Å²) in [5, 5.41) is 5.85. The Morgan fingerprint density at radius 2 is 2.22 bits per heavy atom. The van der Waals surface area contributed by atoms with Gasteiger partial charge in [-0.1, -0.05) is 23.7 Å². The quantitative estimate of drug-likeness (QED) is 0.844. The lowest BCUT2D eigenvalue weighted by Gasteiger charge is -2.32. The van der Waals surface area contributed by atoms with Crippen LogP contribution in [0.3, 0.4) is 0 Å². The Kier molecular flexibility index (Phi) is 3.92. The van der Waals surface area contributed by atoms with Gasteiger partial charge in [0.25, 0.3) is 17.4 Å². The monoisotopic (exact) mass is 331 g/mol. The van der Waals surface area contributed by atoms with Crippen LogP contribution in [0.2, 0.25) is 5.02 Å². The SMILES string of the molecule is CC1(C(=O)NCc2cccc(Cl)c2)Oc2cccnc2NC1=O. The molecule has 0 bridgehead atoms. The second kappa shape index (κ2) is 5.89. The van der Waals surface area contributed by atoms with E-state index in [1.807, 2.05) is 6.07 Å². The fourth-order valence-corrected chi connectivity index (χ4v) is 2.42. The lowest BCUT2D eigenvalue weighted by Crippen LogP contribution is -2.58. The van der Waals surface area contributed by atoms with Gasteiger partial charge in [-0.15, -0.1) is 0 Å². The summed E-state index contributed by atoms with van der Waals surface area (Å²) in [7, 11) is 0. The summed E-state index contributed by atoms with van der Waals surface area (Å²) in [6.07, 6.45) is 1.53. The van der Waals surface area contributed by atoms with Crippen molar-refractivity contribution in [2.45, 2.75) is 19.1 Å². The number of amides is 2. The molecular weight excluding hydrogens is 318 g/mol. The molecule has 0 saturated heterocycles. The molecule has 1 aliphatic heterocycles. The van der Waals surface area contributed by atoms with E-state index in [0.29, 0.717) is 16.6 Å². The van der Waals surface area contributed by atoms with E-state index in [2.05, 4.69) is 15.6 Å². The minimum Gasteiger partial charge on any atom is -0.464 e. The Bertz CT molecular complexity index is 781. The van der Waals surface area contributed by atoms with Gasteiger partial charge < -0.3 is 15.4 Å². The number of hydrogen-bond donors (Lipinski definition) is 2. The van der Waals surface area contributed by atoms with Crippen LogP contribution in [-0.4, -0.2) is 22.4 Å². The molecule has 23 heavy (non-hydrogen) atoms. The van der Waals surface area contributed by atoms with Gasteiger partial charge in [0.15, 0.2) is 11.6 Å². The Labute approximate surface area is 137 Å². The predicted octanol–water partition coefficient (Wildman–Crippen LogP) is 2.14. The van der Waals surface area contributed by atoms with Crippen LogP contribution in [0, 0.1) is 0 Å². The van der Waals surface area contributed by atoms with Crippen LogP contribution in [-0.2, 0) is 16.1 Å². The van der Waals surface area contributed by atoms with Crippen molar-refractivity contribution in [2.75, 3.05) is 5.32 Å². The van der Waals surface area contributed by atoms with E-state index >= 15 is 0 Å². The Morgan fingerprint density at radius 3 is 3.00 bits per heavy atom. The van der Waals surface area contributed by atoms with Crippen molar-refractivity contribution in [3.05, 3.63) is 53.2 Å². The number of aromatic nitrogens is 1. The Hall–Kier alpha value is -2.60. The van der Waals surface area contributed by atoms with Gasteiger partial charge in [-0.3, -0.25) is 9.59 Å². The molecule has 118 valence electrons. The summed E-state index contributed by atoms with van der Waals surface area (Å²) in [6, 6.07) is 10.4. The van der Waals surface area contributed by atoms with Crippen molar-refractivity contribution in [1.29, 1.82) is 0 Å². The highest BCUT2D eigenvalue weighted by molar-refractivity contribution is 6.30. The summed E-state index contributed by atoms with van der Waals surface area (Å²) in [6.45, 7) is 1.66. The summed E-state index contributed by atoms with van der Waals surface area (Å²) in [5.41, 5.74) is -0.832. The lowest BCUT2D eigenvalue weighted by atomic mass is 10.0. The minimum absolute atomic E-state index is 0.242. The molecule has 2 heterocycles. The van der Waals surface area contributed by atoms with Crippen LogP contribution in [0.4, 0.5) is 5.82 Å². The second-order valence-corrected chi connectivity index (χ2v) is 5.69. The van der Waals surface area contributed by atoms with E-state index in [1.54, 1.807) is 30.3 Å². The number of ether oxygens (including phenoxy) is 1. The molecule has 7 heteroatoms. The molecule has 1 atom stereocenters. The number of carbonyl (C=O) groups excluding carboxylic acids is 2. The smallest absolute Gasteiger partial charge is 0.279 e. The molecule has 0 saturated carbocycles. The summed E-state index contributed by atoms with van der Waals surface area (Å²) in [5.74, 6) is -0.443. The number of pyridine rings is 1. The normalized spacial score (nSPS) is 19.3. The average molecular weight is 332 g/mol. The van der Waals surface area contributed by atoms with Crippen molar-refractivity contribution >= 4 is 29.2 Å². The first-order valence-corrected chi connectivity index (χ1v) is 7.35. The molecule has 6 nitrogen and oxygen atoms in total. The molecule has 0 spiro atoms. The van der Waals surface area contributed by atoms with E-state index < -0.39 is 17.4 Å². The highest BCUT2D eigenvalue weighted by Gasteiger charge is 2.47. The molecule has 2 amide bonds. The molecule has 0 aliphatic carbocycles. The minimum atomic E-state index is -1.66. The molecule has 1 aliphatic rings. The zero-order valence-corrected chi connectivity index (χ0v) is 13.1. The zero-order chi connectivity index (χ0) is 16.4. The number of benzene rings is 1. The largest absolute Gasteiger partial charge is 0.464 e. The second-order valence-electron chi connectivity index (χ2n) is 5.25. The van der Waals surface area contributed by atoms with Crippen LogP contribution < -0.4 is 15.4 Å². The zero-order valence-electron chi connectivity index (χ0n) is 12.3. The maximum atomic E-state index is 12.4. The average Bonchev–Trinajstić information content (AvgIpc) is 2.53. The van der Waals surface area contributed by atoms with Gasteiger partial charge >= 0.3 is 0 Å². The van der Waals surface area contributed by atoms with Crippen LogP contribution in [0.5, 0.6) is 5.75 Å². The lowest BCUT2D eigenvalue weighted by molar-refractivity contribution is -0.146. The highest BCUT2D eigenvalue weighted by Crippen LogP contribution is 2.31. The van der Waals surface area contributed by atoms with Gasteiger partial charge in [-0.2, -0.15) is 0 Å². The third-order valence-corrected chi connectivity index (χ3v) is 3.76. The number of fused-ring (bicyclic) bond motifs is 1. The molecule has 0 fully saturated rings. The first-order chi connectivity index (χ1) is 11.0. The summed E-state index contributed by atoms with van der Waals surface area (Å²) in [4.78, 5) is 28.7. The molecule has 1 unspecified atom stereocenters. The number of carbonyl (C=O) groups is 2. The van der Waals surface area contributed by atoms with Crippen LogP contribution >= 0.6 is 11.6 Å². The number of rotatable bonds is 3. The van der Waals surface area contributed by atoms with Gasteiger partial charge in [-0.05, 0) is 36.8 Å². The molecular formula is C16H14ClN3O3. The van der Waals surface area contributed by atoms with Crippen molar-refractivity contribution in [1.82, 2.24) is 10.3 Å². The fraction of sp³-hybridized carbons (Fsp3) is 0.188. The van der Waals surface area contributed by atoms with E-state index in [9.17, 15) is 9.59 Å². The summed E-state index contributed by atoms with van der Waals surface area (Å²) >= 11 is 5.91. The summed E-state index contributed by atoms with van der Waals surface area (Å²) < 4.78 is 5.59. The topological polar surface area (TPSA) is 80.3 Å². The van der Waals surface area contributed by atoms with Gasteiger partial charge in [0.1, 0.15) is 0 Å². The standard InChI is InChI=1S/C16H14ClN3O3/c1-16(14(21)19-9-10-4-2-5-11(17)8-10)15(22)20-13-12(23-16)6-3-7-18-13/h2-8H,9H2,1H3,(H,19,21)(H,18,20,22). The van der Waals surface area contributed by atoms with E-state index in [0.717, 1.165) is 5.56 Å². The van der Waals surface area contributed by atoms with Gasteiger partial charge in [-0.25, -0.2) is 4.98 Å². The molecule has 1 aromatic heterocycles. The molecule has 1 aromatic carbocycles. The number of halogens is 1. The van der Waals surface area contributed by atoms with Crippen LogP contribution in [0.1, 0.15) is 12.5 Å². The van der Waals surface area contributed by atoms with Crippen molar-refractivity contribution in [3.8, 4) is 5.75 Å². The third kappa shape index (κ3) is 2.98. The predicted molar refractivity (Wildman–Crippen MR) is 85.2 cm³/mol. The maximum Gasteiger partial charge on any atom is 0.279 e. The highest BCUT2D eigenvalue weighted by atomic mass is 35.5. The third-order valence-electron chi connectivity index (χ3n) is 3.53. The van der Waals surface area contributed by atoms with Crippen molar-refractivity contribution in [2.24, 2.45) is 0 Å². The van der Waals surface area contributed by atoms with Crippen LogP contribution in [0.15, 0.2) is 42.6 Å². The van der Waals surface area contributed by atoms with Crippen LogP contribution in [0.25, 0.3) is 0 Å².